The van der Waals surface area contributed by atoms with Crippen LogP contribution in [0.25, 0.3) is 0 Å². The Bertz CT molecular complexity index is 382. The van der Waals surface area contributed by atoms with E-state index < -0.39 is 0 Å². The molecule has 0 aliphatic rings. The predicted molar refractivity (Wildman–Crippen MR) is 100 cm³/mol. The normalized spacial score (nSPS) is 11.1. The van der Waals surface area contributed by atoms with Gasteiger partial charge in [-0.3, -0.25) is 0 Å². The molecule has 0 saturated heterocycles. The van der Waals surface area contributed by atoms with Crippen LogP contribution in [-0.4, -0.2) is 32.3 Å². The molecule has 0 aromatic heterocycles. The van der Waals surface area contributed by atoms with E-state index in [9.17, 15) is 0 Å². The summed E-state index contributed by atoms with van der Waals surface area (Å²) in [4.78, 5) is 4.56. The third-order valence-electron chi connectivity index (χ3n) is 2.60. The van der Waals surface area contributed by atoms with Crippen LogP contribution in [0.15, 0.2) is 35.3 Å². The third-order valence-corrected chi connectivity index (χ3v) is 2.60. The van der Waals surface area contributed by atoms with Gasteiger partial charge in [0.1, 0.15) is 0 Å². The largest absolute Gasteiger partial charge is 0.379 e. The zero-order valence-electron chi connectivity index (χ0n) is 13.3. The molecule has 0 unspecified atom stereocenters. The second-order valence-electron chi connectivity index (χ2n) is 5.08. The zero-order valence-corrected chi connectivity index (χ0v) is 15.6. The molecule has 120 valence electrons. The molecule has 0 aliphatic carbocycles. The second kappa shape index (κ2) is 12.9. The van der Waals surface area contributed by atoms with Gasteiger partial charge in [0.25, 0.3) is 0 Å². The molecule has 0 amide bonds. The summed E-state index contributed by atoms with van der Waals surface area (Å²) in [5.41, 5.74) is 1.21. The van der Waals surface area contributed by atoms with Gasteiger partial charge >= 0.3 is 0 Å². The first-order valence-corrected chi connectivity index (χ1v) is 7.36. The number of aliphatic imine (C=N–C) groups is 1. The summed E-state index contributed by atoms with van der Waals surface area (Å²) in [6.45, 7) is 10.2. The Morgan fingerprint density at radius 1 is 1.19 bits per heavy atom. The molecule has 0 aliphatic heterocycles. The summed E-state index contributed by atoms with van der Waals surface area (Å²) in [7, 11) is 0. The second-order valence-corrected chi connectivity index (χ2v) is 5.08. The Kier molecular flexibility index (Phi) is 12.4. The molecule has 0 atom stereocenters. The number of hydrogen-bond acceptors (Lipinski definition) is 2. The number of nitrogens with one attached hydrogen (secondary N) is 2. The van der Waals surface area contributed by atoms with E-state index in [4.69, 9.17) is 4.74 Å². The molecule has 21 heavy (non-hydrogen) atoms. The van der Waals surface area contributed by atoms with Gasteiger partial charge in [0.2, 0.25) is 0 Å². The number of halogens is 1. The minimum atomic E-state index is 0. The predicted octanol–water partition coefficient (Wildman–Crippen LogP) is 3.03. The van der Waals surface area contributed by atoms with Crippen molar-refractivity contribution in [3.63, 3.8) is 0 Å². The van der Waals surface area contributed by atoms with E-state index in [1.54, 1.807) is 0 Å². The van der Waals surface area contributed by atoms with Crippen LogP contribution in [0.3, 0.4) is 0 Å². The van der Waals surface area contributed by atoms with Crippen LogP contribution in [0.5, 0.6) is 0 Å². The lowest BCUT2D eigenvalue weighted by molar-refractivity contribution is 0.114. The molecule has 5 heteroatoms. The van der Waals surface area contributed by atoms with Crippen LogP contribution < -0.4 is 10.6 Å². The van der Waals surface area contributed by atoms with E-state index >= 15 is 0 Å². The highest BCUT2D eigenvalue weighted by Crippen LogP contribution is 1.99. The van der Waals surface area contributed by atoms with Crippen LogP contribution in [0.2, 0.25) is 0 Å². The summed E-state index contributed by atoms with van der Waals surface area (Å²) >= 11 is 0. The Labute approximate surface area is 145 Å². The van der Waals surface area contributed by atoms with Crippen molar-refractivity contribution >= 4 is 29.9 Å². The van der Waals surface area contributed by atoms with Gasteiger partial charge in [0.05, 0.1) is 13.2 Å². The first-order valence-electron chi connectivity index (χ1n) is 7.36. The van der Waals surface area contributed by atoms with Gasteiger partial charge in [-0.15, -0.1) is 24.0 Å². The average Bonchev–Trinajstić information content (AvgIpc) is 2.45. The highest BCUT2D eigenvalue weighted by Gasteiger charge is 1.98. The standard InChI is InChI=1S/C16H27N3O.HI/c1-4-17-16(18-10-11-20-13-14(2)3)19-12-15-8-6-5-7-9-15;/h5-9,14H,4,10-13H2,1-3H3,(H2,17,18,19);1H. The topological polar surface area (TPSA) is 45.7 Å². The van der Waals surface area contributed by atoms with Crippen molar-refractivity contribution < 1.29 is 4.74 Å². The van der Waals surface area contributed by atoms with E-state index in [0.717, 1.165) is 25.7 Å². The summed E-state index contributed by atoms with van der Waals surface area (Å²) < 4.78 is 5.54. The molecule has 0 heterocycles. The molecular weight excluding hydrogens is 377 g/mol. The summed E-state index contributed by atoms with van der Waals surface area (Å²) in [5.74, 6) is 1.42. The summed E-state index contributed by atoms with van der Waals surface area (Å²) in [6.07, 6.45) is 0. The maximum Gasteiger partial charge on any atom is 0.191 e. The lowest BCUT2D eigenvalue weighted by atomic mass is 10.2. The lowest BCUT2D eigenvalue weighted by Crippen LogP contribution is -2.39. The smallest absolute Gasteiger partial charge is 0.191 e. The number of nitrogens with zero attached hydrogens (tertiary/aromatic N) is 1. The minimum absolute atomic E-state index is 0. The van der Waals surface area contributed by atoms with Crippen LogP contribution in [0.1, 0.15) is 26.3 Å². The van der Waals surface area contributed by atoms with Crippen molar-refractivity contribution in [3.8, 4) is 0 Å². The number of guanidine groups is 1. The molecule has 0 radical (unpaired) electrons. The van der Waals surface area contributed by atoms with Crippen LogP contribution >= 0.6 is 24.0 Å². The Morgan fingerprint density at radius 3 is 2.52 bits per heavy atom. The van der Waals surface area contributed by atoms with Gasteiger partial charge in [-0.2, -0.15) is 0 Å². The number of hydrogen-bond donors (Lipinski definition) is 2. The van der Waals surface area contributed by atoms with Crippen molar-refractivity contribution in [2.24, 2.45) is 10.9 Å². The van der Waals surface area contributed by atoms with Gasteiger partial charge in [0.15, 0.2) is 5.96 Å². The fraction of sp³-hybridized carbons (Fsp3) is 0.562. The van der Waals surface area contributed by atoms with Gasteiger partial charge in [0, 0.05) is 19.7 Å². The van der Waals surface area contributed by atoms with Crippen LogP contribution in [0, 0.1) is 5.92 Å². The SMILES string of the molecule is CCNC(=NCc1ccccc1)NCCOCC(C)C.I. The zero-order chi connectivity index (χ0) is 14.6. The molecule has 0 saturated carbocycles. The highest BCUT2D eigenvalue weighted by molar-refractivity contribution is 14.0. The van der Waals surface area contributed by atoms with Crippen LogP contribution in [-0.2, 0) is 11.3 Å². The molecular formula is C16H28IN3O. The van der Waals surface area contributed by atoms with Crippen molar-refractivity contribution in [1.29, 1.82) is 0 Å². The summed E-state index contributed by atoms with van der Waals surface area (Å²) in [5, 5.41) is 6.51. The molecule has 2 N–H and O–H groups in total. The highest BCUT2D eigenvalue weighted by atomic mass is 127. The number of ether oxygens (including phenoxy) is 1. The average molecular weight is 405 g/mol. The van der Waals surface area contributed by atoms with E-state index in [2.05, 4.69) is 48.5 Å². The molecule has 1 rings (SSSR count). The van der Waals surface area contributed by atoms with Gasteiger partial charge < -0.3 is 15.4 Å². The van der Waals surface area contributed by atoms with E-state index in [-0.39, 0.29) is 24.0 Å². The molecule has 4 nitrogen and oxygen atoms in total. The van der Waals surface area contributed by atoms with Crippen molar-refractivity contribution in [2.45, 2.75) is 27.3 Å². The maximum atomic E-state index is 5.54. The monoisotopic (exact) mass is 405 g/mol. The maximum absolute atomic E-state index is 5.54. The molecule has 0 bridgehead atoms. The van der Waals surface area contributed by atoms with Crippen molar-refractivity contribution in [2.75, 3.05) is 26.3 Å². The Hall–Kier alpha value is -0.820. The lowest BCUT2D eigenvalue weighted by Gasteiger charge is -2.12. The quantitative estimate of drug-likeness (QED) is 0.303. The molecule has 1 aromatic rings. The number of rotatable bonds is 8. The van der Waals surface area contributed by atoms with Gasteiger partial charge in [-0.1, -0.05) is 44.2 Å². The van der Waals surface area contributed by atoms with Crippen molar-refractivity contribution in [1.82, 2.24) is 10.6 Å². The molecule has 0 spiro atoms. The Balaban J connectivity index is 0.00000400. The van der Waals surface area contributed by atoms with Crippen molar-refractivity contribution in [3.05, 3.63) is 35.9 Å². The van der Waals surface area contributed by atoms with E-state index in [1.165, 1.54) is 5.56 Å². The van der Waals surface area contributed by atoms with Crippen LogP contribution in [0.4, 0.5) is 0 Å². The Morgan fingerprint density at radius 2 is 1.90 bits per heavy atom. The first-order chi connectivity index (χ1) is 9.72. The molecule has 0 fully saturated rings. The number of benzene rings is 1. The fourth-order valence-corrected chi connectivity index (χ4v) is 1.66. The minimum Gasteiger partial charge on any atom is -0.379 e. The first kappa shape index (κ1) is 20.2. The van der Waals surface area contributed by atoms with Gasteiger partial charge in [-0.25, -0.2) is 4.99 Å². The summed E-state index contributed by atoms with van der Waals surface area (Å²) in [6, 6.07) is 10.2. The van der Waals surface area contributed by atoms with Gasteiger partial charge in [-0.05, 0) is 18.4 Å². The van der Waals surface area contributed by atoms with E-state index in [0.29, 0.717) is 19.1 Å². The molecule has 1 aromatic carbocycles. The fourth-order valence-electron chi connectivity index (χ4n) is 1.66. The third kappa shape index (κ3) is 10.5. The van der Waals surface area contributed by atoms with E-state index in [1.807, 2.05) is 18.2 Å².